The number of carbonyl (C=O) groups is 1. The third kappa shape index (κ3) is 4.37. The van der Waals surface area contributed by atoms with Crippen molar-refractivity contribution >= 4 is 28.8 Å². The molecule has 35 heavy (non-hydrogen) atoms. The highest BCUT2D eigenvalue weighted by Crippen LogP contribution is 2.40. The van der Waals surface area contributed by atoms with Gasteiger partial charge in [0.05, 0.1) is 24.8 Å². The number of carbonyl (C=O) groups excluding carboxylic acids is 1. The molecule has 0 amide bonds. The molecule has 1 aromatic heterocycles. The fourth-order valence-corrected chi connectivity index (χ4v) is 4.41. The zero-order valence-electron chi connectivity index (χ0n) is 19.9. The molecule has 1 aliphatic heterocycles. The maximum atomic E-state index is 14.3. The number of nitrogens with zero attached hydrogens (tertiary/aromatic N) is 1. The summed E-state index contributed by atoms with van der Waals surface area (Å²) in [6.07, 6.45) is 9.21. The number of rotatable bonds is 6. The Morgan fingerprint density at radius 2 is 1.86 bits per heavy atom. The van der Waals surface area contributed by atoms with Crippen LogP contribution in [0.4, 0.5) is 4.39 Å². The van der Waals surface area contributed by atoms with Crippen LogP contribution in [-0.4, -0.2) is 23.1 Å². The third-order valence-electron chi connectivity index (χ3n) is 6.19. The number of ether oxygens (including phenoxy) is 2. The first kappa shape index (κ1) is 22.7. The van der Waals surface area contributed by atoms with Crippen molar-refractivity contribution in [2.75, 3.05) is 7.11 Å². The average molecular weight is 468 g/mol. The number of methoxy groups -OCH3 is 1. The van der Waals surface area contributed by atoms with Crippen molar-refractivity contribution in [1.82, 2.24) is 4.57 Å². The largest absolute Gasteiger partial charge is 0.496 e. The van der Waals surface area contributed by atoms with Crippen molar-refractivity contribution in [2.24, 2.45) is 0 Å². The Bertz CT molecular complexity index is 1490. The molecule has 176 valence electrons. The summed E-state index contributed by atoms with van der Waals surface area (Å²) in [5.41, 5.74) is 3.17. The van der Waals surface area contributed by atoms with E-state index in [0.29, 0.717) is 29.2 Å². The average Bonchev–Trinajstić information content (AvgIpc) is 3.20. The predicted molar refractivity (Wildman–Crippen MR) is 138 cm³/mol. The lowest BCUT2D eigenvalue weighted by Gasteiger charge is -2.29. The lowest BCUT2D eigenvalue weighted by Crippen LogP contribution is -2.28. The van der Waals surface area contributed by atoms with E-state index in [1.54, 1.807) is 37.5 Å². The van der Waals surface area contributed by atoms with Gasteiger partial charge >= 0.3 is 0 Å². The minimum Gasteiger partial charge on any atom is -0.496 e. The Hall–Kier alpha value is -4.12. The molecule has 0 radical (unpaired) electrons. The molecule has 0 fully saturated rings. The SMILES string of the molecule is COc1ccc(C(=O)/C=C/c2cn(Cc3ccccc3F)c3ccccc23)c2c1C=CC(C)(C)O2. The van der Waals surface area contributed by atoms with Crippen molar-refractivity contribution in [3.05, 3.63) is 107 Å². The van der Waals surface area contributed by atoms with Gasteiger partial charge in [0.2, 0.25) is 0 Å². The first-order valence-corrected chi connectivity index (χ1v) is 11.5. The fraction of sp³-hybridized carbons (Fsp3) is 0.167. The van der Waals surface area contributed by atoms with E-state index in [0.717, 1.165) is 22.0 Å². The van der Waals surface area contributed by atoms with E-state index in [1.807, 2.05) is 73.2 Å². The Kier molecular flexibility index (Phi) is 5.77. The monoisotopic (exact) mass is 467 g/mol. The topological polar surface area (TPSA) is 40.5 Å². The number of hydrogen-bond acceptors (Lipinski definition) is 3. The minimum atomic E-state index is -0.530. The molecule has 0 unspecified atom stereocenters. The highest BCUT2D eigenvalue weighted by Gasteiger charge is 2.27. The minimum absolute atomic E-state index is 0.166. The van der Waals surface area contributed by atoms with Crippen molar-refractivity contribution in [2.45, 2.75) is 26.0 Å². The molecule has 3 aromatic carbocycles. The Balaban J connectivity index is 1.50. The summed E-state index contributed by atoms with van der Waals surface area (Å²) in [7, 11) is 1.60. The molecule has 1 aliphatic rings. The number of fused-ring (bicyclic) bond motifs is 2. The molecule has 4 nitrogen and oxygen atoms in total. The van der Waals surface area contributed by atoms with Crippen LogP contribution in [0.2, 0.25) is 0 Å². The molecule has 0 spiro atoms. The summed E-state index contributed by atoms with van der Waals surface area (Å²) in [6, 6.07) is 18.2. The van der Waals surface area contributed by atoms with Gasteiger partial charge in [-0.2, -0.15) is 0 Å². The molecular formula is C30H26FNO3. The maximum absolute atomic E-state index is 14.3. The van der Waals surface area contributed by atoms with Crippen LogP contribution in [0.1, 0.15) is 40.9 Å². The summed E-state index contributed by atoms with van der Waals surface area (Å²) in [5.74, 6) is 0.775. The molecule has 5 rings (SSSR count). The molecule has 0 N–H and O–H groups in total. The Labute approximate surface area is 203 Å². The van der Waals surface area contributed by atoms with Crippen LogP contribution < -0.4 is 9.47 Å². The molecule has 4 aromatic rings. The quantitative estimate of drug-likeness (QED) is 0.228. The fourth-order valence-electron chi connectivity index (χ4n) is 4.41. The number of hydrogen-bond donors (Lipinski definition) is 0. The van der Waals surface area contributed by atoms with Gasteiger partial charge in [-0.1, -0.05) is 36.4 Å². The van der Waals surface area contributed by atoms with E-state index in [1.165, 1.54) is 6.07 Å². The summed E-state index contributed by atoms with van der Waals surface area (Å²) < 4.78 is 27.9. The van der Waals surface area contributed by atoms with Crippen LogP contribution in [-0.2, 0) is 6.54 Å². The zero-order chi connectivity index (χ0) is 24.6. The van der Waals surface area contributed by atoms with Crippen LogP contribution in [0, 0.1) is 5.82 Å². The predicted octanol–water partition coefficient (Wildman–Crippen LogP) is 6.92. The van der Waals surface area contributed by atoms with E-state index in [9.17, 15) is 9.18 Å². The van der Waals surface area contributed by atoms with Crippen molar-refractivity contribution in [1.29, 1.82) is 0 Å². The molecule has 0 saturated carbocycles. The van der Waals surface area contributed by atoms with E-state index < -0.39 is 5.60 Å². The molecule has 0 atom stereocenters. The van der Waals surface area contributed by atoms with Gasteiger partial charge in [-0.05, 0) is 62.4 Å². The van der Waals surface area contributed by atoms with E-state index in [-0.39, 0.29) is 11.6 Å². The Morgan fingerprint density at radius 3 is 2.66 bits per heavy atom. The van der Waals surface area contributed by atoms with Gasteiger partial charge in [0.25, 0.3) is 0 Å². The van der Waals surface area contributed by atoms with Gasteiger partial charge in [-0.25, -0.2) is 4.39 Å². The van der Waals surface area contributed by atoms with Crippen LogP contribution in [0.25, 0.3) is 23.1 Å². The van der Waals surface area contributed by atoms with Crippen LogP contribution in [0.5, 0.6) is 11.5 Å². The summed E-state index contributed by atoms with van der Waals surface area (Å²) >= 11 is 0. The smallest absolute Gasteiger partial charge is 0.189 e. The third-order valence-corrected chi connectivity index (χ3v) is 6.19. The van der Waals surface area contributed by atoms with Crippen LogP contribution in [0.3, 0.4) is 0 Å². The van der Waals surface area contributed by atoms with E-state index >= 15 is 0 Å². The summed E-state index contributed by atoms with van der Waals surface area (Å²) in [4.78, 5) is 13.3. The molecule has 0 saturated heterocycles. The number of allylic oxidation sites excluding steroid dienone is 1. The van der Waals surface area contributed by atoms with Gasteiger partial charge in [0.15, 0.2) is 5.78 Å². The van der Waals surface area contributed by atoms with Crippen LogP contribution >= 0.6 is 0 Å². The van der Waals surface area contributed by atoms with Crippen molar-refractivity contribution in [3.63, 3.8) is 0 Å². The van der Waals surface area contributed by atoms with Crippen LogP contribution in [0.15, 0.2) is 79.0 Å². The summed E-state index contributed by atoms with van der Waals surface area (Å²) in [5, 5.41) is 0.991. The van der Waals surface area contributed by atoms with Gasteiger partial charge < -0.3 is 14.0 Å². The molecular weight excluding hydrogens is 441 g/mol. The molecule has 0 bridgehead atoms. The second-order valence-electron chi connectivity index (χ2n) is 9.12. The van der Waals surface area contributed by atoms with E-state index in [4.69, 9.17) is 9.47 Å². The van der Waals surface area contributed by atoms with Crippen molar-refractivity contribution < 1.29 is 18.7 Å². The lowest BCUT2D eigenvalue weighted by atomic mass is 9.97. The number of para-hydroxylation sites is 1. The molecule has 0 aliphatic carbocycles. The number of halogens is 1. The molecule has 2 heterocycles. The maximum Gasteiger partial charge on any atom is 0.189 e. The van der Waals surface area contributed by atoms with Gasteiger partial charge in [0, 0.05) is 28.2 Å². The Morgan fingerprint density at radius 1 is 1.09 bits per heavy atom. The first-order valence-electron chi connectivity index (χ1n) is 11.5. The highest BCUT2D eigenvalue weighted by atomic mass is 19.1. The number of ketones is 1. The lowest BCUT2D eigenvalue weighted by molar-refractivity contribution is 0.103. The second kappa shape index (κ2) is 8.91. The highest BCUT2D eigenvalue weighted by molar-refractivity contribution is 6.10. The summed E-state index contributed by atoms with van der Waals surface area (Å²) in [6.45, 7) is 4.29. The molecule has 5 heteroatoms. The number of aromatic nitrogens is 1. The zero-order valence-corrected chi connectivity index (χ0v) is 19.9. The number of benzene rings is 3. The standard InChI is InChI=1S/C30H26FNO3/c1-30(2)17-16-24-28(34-3)15-13-23(29(24)35-30)27(33)14-12-20-18-32(26-11-7-5-9-22(20)26)19-21-8-4-6-10-25(21)31/h4-18H,19H2,1-3H3/b14-12+. The second-order valence-corrected chi connectivity index (χ2v) is 9.12. The normalized spacial score (nSPS) is 14.2. The van der Waals surface area contributed by atoms with E-state index in [2.05, 4.69) is 0 Å². The van der Waals surface area contributed by atoms with Crippen molar-refractivity contribution in [3.8, 4) is 11.5 Å². The van der Waals surface area contributed by atoms with Gasteiger partial charge in [-0.3, -0.25) is 4.79 Å². The first-order chi connectivity index (χ1) is 16.9. The van der Waals surface area contributed by atoms with Gasteiger partial charge in [0.1, 0.15) is 22.9 Å². The van der Waals surface area contributed by atoms with Gasteiger partial charge in [-0.15, -0.1) is 0 Å².